The van der Waals surface area contributed by atoms with E-state index < -0.39 is 0 Å². The average molecular weight is 430 g/mol. The molecule has 0 radical (unpaired) electrons. The Hall–Kier alpha value is -2.23. The topological polar surface area (TPSA) is 101 Å². The molecule has 2 aromatic heterocycles. The Morgan fingerprint density at radius 3 is 2.86 bits per heavy atom. The summed E-state index contributed by atoms with van der Waals surface area (Å²) in [6.45, 7) is 2.31. The molecule has 11 heteroatoms. The van der Waals surface area contributed by atoms with Gasteiger partial charge in [0.2, 0.25) is 0 Å². The molecule has 1 amide bonds. The molecule has 1 aliphatic rings. The molecule has 152 valence electrons. The van der Waals surface area contributed by atoms with Crippen LogP contribution in [0.25, 0.3) is 11.0 Å². The highest BCUT2D eigenvalue weighted by molar-refractivity contribution is 5.91. The third-order valence-electron chi connectivity index (χ3n) is 4.57. The molecule has 3 N–H and O–H groups in total. The van der Waals surface area contributed by atoms with Crippen LogP contribution in [0.4, 0.5) is 4.39 Å². The van der Waals surface area contributed by atoms with Gasteiger partial charge in [-0.3, -0.25) is 4.79 Å². The van der Waals surface area contributed by atoms with Gasteiger partial charge in [0.15, 0.2) is 5.69 Å². The van der Waals surface area contributed by atoms with E-state index in [-0.39, 0.29) is 36.5 Å². The Balaban J connectivity index is 0.00000140. The van der Waals surface area contributed by atoms with Crippen molar-refractivity contribution in [3.8, 4) is 0 Å². The summed E-state index contributed by atoms with van der Waals surface area (Å²) < 4.78 is 15.0. The highest BCUT2D eigenvalue weighted by Crippen LogP contribution is 2.17. The third kappa shape index (κ3) is 4.98. The van der Waals surface area contributed by atoms with Crippen LogP contribution in [0, 0.1) is 5.82 Å². The van der Waals surface area contributed by atoms with Gasteiger partial charge >= 0.3 is 0 Å². The molecule has 28 heavy (non-hydrogen) atoms. The lowest BCUT2D eigenvalue weighted by Gasteiger charge is -2.22. The number of imidazole rings is 1. The van der Waals surface area contributed by atoms with Gasteiger partial charge in [0.25, 0.3) is 5.91 Å². The summed E-state index contributed by atoms with van der Waals surface area (Å²) >= 11 is 0. The predicted octanol–water partition coefficient (Wildman–Crippen LogP) is 2.03. The summed E-state index contributed by atoms with van der Waals surface area (Å²) in [5.74, 6) is 0.134. The number of rotatable bonds is 5. The van der Waals surface area contributed by atoms with E-state index in [1.165, 1.54) is 12.1 Å². The van der Waals surface area contributed by atoms with E-state index in [2.05, 4.69) is 30.9 Å². The Morgan fingerprint density at radius 1 is 1.29 bits per heavy atom. The summed E-state index contributed by atoms with van der Waals surface area (Å²) in [4.78, 5) is 19.7. The number of carbonyl (C=O) groups is 1. The van der Waals surface area contributed by atoms with Crippen molar-refractivity contribution in [3.05, 3.63) is 41.7 Å². The van der Waals surface area contributed by atoms with Crippen molar-refractivity contribution in [2.45, 2.75) is 25.3 Å². The summed E-state index contributed by atoms with van der Waals surface area (Å²) in [6, 6.07) is 4.70. The summed E-state index contributed by atoms with van der Waals surface area (Å²) in [6.07, 6.45) is 4.19. The molecule has 3 aromatic rings. The van der Waals surface area contributed by atoms with E-state index in [0.29, 0.717) is 41.6 Å². The van der Waals surface area contributed by atoms with E-state index in [1.807, 2.05) is 0 Å². The van der Waals surface area contributed by atoms with Crippen molar-refractivity contribution in [3.63, 3.8) is 0 Å². The molecular weight excluding hydrogens is 408 g/mol. The van der Waals surface area contributed by atoms with Crippen molar-refractivity contribution < 1.29 is 9.18 Å². The first-order valence-electron chi connectivity index (χ1n) is 8.74. The second kappa shape index (κ2) is 9.81. The van der Waals surface area contributed by atoms with Gasteiger partial charge < -0.3 is 15.6 Å². The van der Waals surface area contributed by atoms with Crippen LogP contribution in [0.15, 0.2) is 24.4 Å². The molecule has 1 saturated heterocycles. The van der Waals surface area contributed by atoms with Crippen LogP contribution < -0.4 is 10.6 Å². The SMILES string of the molecule is Cl.Cl.O=C(NCCc1nc2ccc(F)cc2[nH]1)c1cn(C2CCNCC2)nn1. The lowest BCUT2D eigenvalue weighted by atomic mass is 10.1. The van der Waals surface area contributed by atoms with Crippen LogP contribution >= 0.6 is 24.8 Å². The van der Waals surface area contributed by atoms with Crippen LogP contribution in [0.3, 0.4) is 0 Å². The number of fused-ring (bicyclic) bond motifs is 1. The highest BCUT2D eigenvalue weighted by atomic mass is 35.5. The fourth-order valence-corrected chi connectivity index (χ4v) is 3.17. The van der Waals surface area contributed by atoms with Gasteiger partial charge in [-0.15, -0.1) is 29.9 Å². The molecule has 0 unspecified atom stereocenters. The molecule has 1 aromatic carbocycles. The number of amides is 1. The summed E-state index contributed by atoms with van der Waals surface area (Å²) in [5.41, 5.74) is 1.67. The molecule has 1 aliphatic heterocycles. The lowest BCUT2D eigenvalue weighted by Crippen LogP contribution is -2.29. The van der Waals surface area contributed by atoms with E-state index in [4.69, 9.17) is 0 Å². The minimum absolute atomic E-state index is 0. The lowest BCUT2D eigenvalue weighted by molar-refractivity contribution is 0.0949. The molecule has 1 fully saturated rings. The quantitative estimate of drug-likeness (QED) is 0.575. The number of nitrogens with zero attached hydrogens (tertiary/aromatic N) is 4. The summed E-state index contributed by atoms with van der Waals surface area (Å²) in [7, 11) is 0. The first kappa shape index (κ1) is 22.1. The number of aromatic nitrogens is 5. The molecule has 8 nitrogen and oxygen atoms in total. The first-order chi connectivity index (χ1) is 12.7. The van der Waals surface area contributed by atoms with Gasteiger partial charge in [0.1, 0.15) is 11.6 Å². The van der Waals surface area contributed by atoms with E-state index >= 15 is 0 Å². The Morgan fingerprint density at radius 2 is 2.07 bits per heavy atom. The smallest absolute Gasteiger partial charge is 0.273 e. The Bertz CT molecular complexity index is 923. The Kier molecular flexibility index (Phi) is 7.73. The number of halogens is 3. The van der Waals surface area contributed by atoms with Crippen molar-refractivity contribution in [2.24, 2.45) is 0 Å². The van der Waals surface area contributed by atoms with Crippen LogP contribution in [-0.2, 0) is 6.42 Å². The standard InChI is InChI=1S/C17H20FN7O.2ClH/c18-11-1-2-13-14(9-11)22-16(21-13)5-8-20-17(26)15-10-25(24-23-15)12-3-6-19-7-4-12;;/h1-2,9-10,12,19H,3-8H2,(H,20,26)(H,21,22);2*1H. The normalized spacial score (nSPS) is 14.3. The fourth-order valence-electron chi connectivity index (χ4n) is 3.17. The zero-order valence-electron chi connectivity index (χ0n) is 15.0. The number of carbonyl (C=O) groups excluding carboxylic acids is 1. The van der Waals surface area contributed by atoms with Gasteiger partial charge in [-0.05, 0) is 44.1 Å². The molecule has 4 rings (SSSR count). The maximum Gasteiger partial charge on any atom is 0.273 e. The number of hydrogen-bond acceptors (Lipinski definition) is 5. The zero-order valence-corrected chi connectivity index (χ0v) is 16.7. The Labute approximate surface area is 173 Å². The van der Waals surface area contributed by atoms with Gasteiger partial charge in [0, 0.05) is 13.0 Å². The predicted molar refractivity (Wildman–Crippen MR) is 108 cm³/mol. The van der Waals surface area contributed by atoms with E-state index in [9.17, 15) is 9.18 Å². The third-order valence-corrected chi connectivity index (χ3v) is 4.57. The number of piperidine rings is 1. The van der Waals surface area contributed by atoms with Gasteiger partial charge in [-0.2, -0.15) is 0 Å². The first-order valence-corrected chi connectivity index (χ1v) is 8.74. The van der Waals surface area contributed by atoms with Crippen LogP contribution in [0.5, 0.6) is 0 Å². The maximum atomic E-state index is 13.2. The number of hydrogen-bond donors (Lipinski definition) is 3. The van der Waals surface area contributed by atoms with Crippen LogP contribution in [0.1, 0.15) is 35.2 Å². The average Bonchev–Trinajstić information content (AvgIpc) is 3.29. The largest absolute Gasteiger partial charge is 0.350 e. The minimum atomic E-state index is -0.308. The van der Waals surface area contributed by atoms with Gasteiger partial charge in [-0.1, -0.05) is 5.21 Å². The van der Waals surface area contributed by atoms with E-state index in [1.54, 1.807) is 16.9 Å². The minimum Gasteiger partial charge on any atom is -0.350 e. The number of aromatic amines is 1. The molecule has 0 spiro atoms. The van der Waals surface area contributed by atoms with Crippen LogP contribution in [0.2, 0.25) is 0 Å². The maximum absolute atomic E-state index is 13.2. The molecule has 0 atom stereocenters. The molecule has 0 aliphatic carbocycles. The van der Waals surface area contributed by atoms with Crippen molar-refractivity contribution in [1.29, 1.82) is 0 Å². The fraction of sp³-hybridized carbons (Fsp3) is 0.412. The number of benzene rings is 1. The number of nitrogens with one attached hydrogen (secondary N) is 3. The van der Waals surface area contributed by atoms with Crippen molar-refractivity contribution >= 4 is 41.8 Å². The monoisotopic (exact) mass is 429 g/mol. The molecule has 0 saturated carbocycles. The zero-order chi connectivity index (χ0) is 17.9. The van der Waals surface area contributed by atoms with E-state index in [0.717, 1.165) is 25.9 Å². The molecular formula is C17H22Cl2FN7O. The molecule has 0 bridgehead atoms. The summed E-state index contributed by atoms with van der Waals surface area (Å²) in [5, 5.41) is 14.2. The number of H-pyrrole nitrogens is 1. The van der Waals surface area contributed by atoms with Gasteiger partial charge in [-0.25, -0.2) is 14.1 Å². The molecule has 3 heterocycles. The van der Waals surface area contributed by atoms with Crippen LogP contribution in [-0.4, -0.2) is 50.5 Å². The second-order valence-electron chi connectivity index (χ2n) is 6.42. The van der Waals surface area contributed by atoms with Crippen molar-refractivity contribution in [1.82, 2.24) is 35.6 Å². The van der Waals surface area contributed by atoms with Gasteiger partial charge in [0.05, 0.1) is 23.3 Å². The highest BCUT2D eigenvalue weighted by Gasteiger charge is 2.18. The second-order valence-corrected chi connectivity index (χ2v) is 6.42. The van der Waals surface area contributed by atoms with Crippen molar-refractivity contribution in [2.75, 3.05) is 19.6 Å².